The monoisotopic (exact) mass is 585 g/mol. The lowest BCUT2D eigenvalue weighted by atomic mass is 9.76. The van der Waals surface area contributed by atoms with E-state index >= 15 is 0 Å². The van der Waals surface area contributed by atoms with Gasteiger partial charge in [0.2, 0.25) is 0 Å². The molecule has 13 heteroatoms. The van der Waals surface area contributed by atoms with Crippen LogP contribution in [0.3, 0.4) is 0 Å². The number of aromatic amines is 2. The highest BCUT2D eigenvalue weighted by atomic mass is 19.1. The van der Waals surface area contributed by atoms with Crippen LogP contribution in [-0.2, 0) is 9.53 Å². The summed E-state index contributed by atoms with van der Waals surface area (Å²) >= 11 is 0. The highest BCUT2D eigenvalue weighted by Gasteiger charge is 2.43. The molecule has 5 aromatic heterocycles. The molecule has 0 unspecified atom stereocenters. The first-order valence-electron chi connectivity index (χ1n) is 14.1. The number of hydrogen-bond donors (Lipinski definition) is 4. The Hall–Kier alpha value is -4.91. The number of nitrogens with one attached hydrogen (secondary N) is 4. The van der Waals surface area contributed by atoms with Crippen molar-refractivity contribution in [3.63, 3.8) is 0 Å². The maximum atomic E-state index is 13.6. The number of carbonyl (C=O) groups excluding carboxylic acids is 1. The molecular formula is C30H32FN9O3. The fraction of sp³-hybridized carbons (Fsp3) is 0.333. The molecule has 1 aliphatic carbocycles. The Kier molecular flexibility index (Phi) is 7.48. The van der Waals surface area contributed by atoms with E-state index in [0.717, 1.165) is 22.8 Å². The molecule has 0 aromatic carbocycles. The van der Waals surface area contributed by atoms with Gasteiger partial charge in [0.05, 0.1) is 29.5 Å². The van der Waals surface area contributed by atoms with Gasteiger partial charge in [-0.25, -0.2) is 19.0 Å². The number of methoxy groups -OCH3 is 1. The number of nitrogens with zero attached hydrogens (tertiary/aromatic N) is 5. The quantitative estimate of drug-likeness (QED) is 0.210. The molecule has 5 aromatic rings. The minimum absolute atomic E-state index is 0.0500. The van der Waals surface area contributed by atoms with Gasteiger partial charge in [-0.2, -0.15) is 10.2 Å². The van der Waals surface area contributed by atoms with Crippen molar-refractivity contribution in [2.24, 2.45) is 0 Å². The largest absolute Gasteiger partial charge is 0.368 e. The SMILES string of the molecule is CO[C@]1(C(=O)N[C@@H](C)c2ccc(-n3cc(F)cn3)nc2)CC[C@@H](c2nc(Nc3cc(C)[nH]n3)cc3cc[nH]c(=O)c32)CC1. The van der Waals surface area contributed by atoms with Crippen molar-refractivity contribution in [1.82, 2.24) is 40.2 Å². The first-order valence-corrected chi connectivity index (χ1v) is 14.1. The number of rotatable bonds is 8. The van der Waals surface area contributed by atoms with Gasteiger partial charge >= 0.3 is 0 Å². The Bertz CT molecular complexity index is 1820. The minimum Gasteiger partial charge on any atom is -0.368 e. The zero-order valence-corrected chi connectivity index (χ0v) is 24.0. The third-order valence-corrected chi connectivity index (χ3v) is 8.13. The molecule has 43 heavy (non-hydrogen) atoms. The van der Waals surface area contributed by atoms with E-state index in [0.29, 0.717) is 54.2 Å². The van der Waals surface area contributed by atoms with Crippen LogP contribution in [-0.4, -0.2) is 53.5 Å². The van der Waals surface area contributed by atoms with Crippen LogP contribution in [0.2, 0.25) is 0 Å². The first-order chi connectivity index (χ1) is 20.7. The number of halogens is 1. The van der Waals surface area contributed by atoms with Crippen LogP contribution in [0.4, 0.5) is 16.0 Å². The lowest BCUT2D eigenvalue weighted by Crippen LogP contribution is -2.50. The molecule has 0 spiro atoms. The van der Waals surface area contributed by atoms with Crippen LogP contribution in [0, 0.1) is 12.7 Å². The van der Waals surface area contributed by atoms with E-state index in [1.54, 1.807) is 25.6 Å². The normalized spacial score (nSPS) is 19.3. The van der Waals surface area contributed by atoms with Crippen LogP contribution in [0.1, 0.15) is 61.5 Å². The molecule has 0 radical (unpaired) electrons. The van der Waals surface area contributed by atoms with Gasteiger partial charge in [0.25, 0.3) is 11.5 Å². The van der Waals surface area contributed by atoms with Crippen molar-refractivity contribution in [1.29, 1.82) is 0 Å². The molecule has 222 valence electrons. The third-order valence-electron chi connectivity index (χ3n) is 8.13. The maximum absolute atomic E-state index is 13.6. The summed E-state index contributed by atoms with van der Waals surface area (Å²) in [6.07, 6.45) is 7.74. The van der Waals surface area contributed by atoms with Gasteiger partial charge < -0.3 is 20.4 Å². The fourth-order valence-electron chi connectivity index (χ4n) is 5.72. The summed E-state index contributed by atoms with van der Waals surface area (Å²) in [4.78, 5) is 38.5. The minimum atomic E-state index is -1.02. The van der Waals surface area contributed by atoms with E-state index in [9.17, 15) is 14.0 Å². The highest BCUT2D eigenvalue weighted by molar-refractivity contribution is 5.87. The topological polar surface area (TPSA) is 156 Å². The van der Waals surface area contributed by atoms with Crippen LogP contribution in [0.25, 0.3) is 16.6 Å². The van der Waals surface area contributed by atoms with Crippen molar-refractivity contribution in [2.75, 3.05) is 12.4 Å². The number of pyridine rings is 3. The van der Waals surface area contributed by atoms with Crippen LogP contribution >= 0.6 is 0 Å². The third kappa shape index (κ3) is 5.63. The van der Waals surface area contributed by atoms with Gasteiger partial charge in [0, 0.05) is 37.2 Å². The lowest BCUT2D eigenvalue weighted by molar-refractivity contribution is -0.148. The van der Waals surface area contributed by atoms with E-state index in [1.807, 2.05) is 38.1 Å². The average Bonchev–Trinajstić information content (AvgIpc) is 3.64. The molecule has 12 nitrogen and oxygen atoms in total. The van der Waals surface area contributed by atoms with Gasteiger partial charge in [-0.15, -0.1) is 0 Å². The molecule has 6 rings (SSSR count). The van der Waals surface area contributed by atoms with Gasteiger partial charge in [-0.1, -0.05) is 6.07 Å². The number of anilines is 2. The van der Waals surface area contributed by atoms with Crippen molar-refractivity contribution >= 4 is 28.3 Å². The molecule has 0 aliphatic heterocycles. The summed E-state index contributed by atoms with van der Waals surface area (Å²) in [5.74, 6) is 0.984. The van der Waals surface area contributed by atoms with Crippen LogP contribution < -0.4 is 16.2 Å². The van der Waals surface area contributed by atoms with Crippen LogP contribution in [0.15, 0.2) is 59.9 Å². The number of ether oxygens (including phenoxy) is 1. The van der Waals surface area contributed by atoms with Gasteiger partial charge in [-0.3, -0.25) is 14.7 Å². The number of aryl methyl sites for hydroxylation is 1. The van der Waals surface area contributed by atoms with Crippen molar-refractivity contribution in [3.05, 3.63) is 88.2 Å². The summed E-state index contributed by atoms with van der Waals surface area (Å²) < 4.78 is 20.5. The smallest absolute Gasteiger partial charge is 0.257 e. The Morgan fingerprint density at radius 3 is 2.65 bits per heavy atom. The zero-order valence-electron chi connectivity index (χ0n) is 24.0. The Balaban J connectivity index is 1.18. The van der Waals surface area contributed by atoms with Crippen molar-refractivity contribution in [3.8, 4) is 5.82 Å². The standard InChI is InChI=1S/C30H32FN9O3/c1-17-12-24(39-38-17)36-23-13-20-8-11-32-28(41)26(20)27(37-23)19-6-9-30(43-3,10-7-19)29(42)35-18(2)21-4-5-25(33-14-21)40-16-22(31)15-34-40/h4-5,8,11-16,18-19H,6-7,9-10H2,1-3H3,(H,32,41)(H,35,42)(H2,36,37,38,39)/t18-,19-,30-/m0/s1. The van der Waals surface area contributed by atoms with E-state index in [-0.39, 0.29) is 23.4 Å². The number of carbonyl (C=O) groups is 1. The van der Waals surface area contributed by atoms with Crippen molar-refractivity contribution < 1.29 is 13.9 Å². The summed E-state index contributed by atoms with van der Waals surface area (Å²) in [6, 6.07) is 8.77. The van der Waals surface area contributed by atoms with Crippen molar-refractivity contribution in [2.45, 2.75) is 57.1 Å². The second-order valence-electron chi connectivity index (χ2n) is 10.9. The highest BCUT2D eigenvalue weighted by Crippen LogP contribution is 2.41. The molecule has 1 atom stereocenters. The van der Waals surface area contributed by atoms with Crippen LogP contribution in [0.5, 0.6) is 0 Å². The molecule has 1 aliphatic rings. The average molecular weight is 586 g/mol. The van der Waals surface area contributed by atoms with E-state index in [2.05, 4.69) is 35.9 Å². The molecule has 0 bridgehead atoms. The molecule has 1 amide bonds. The molecule has 4 N–H and O–H groups in total. The van der Waals surface area contributed by atoms with Gasteiger partial charge in [0.15, 0.2) is 17.5 Å². The van der Waals surface area contributed by atoms with E-state index < -0.39 is 11.4 Å². The zero-order chi connectivity index (χ0) is 30.1. The molecule has 1 fully saturated rings. The summed E-state index contributed by atoms with van der Waals surface area (Å²) in [6.45, 7) is 3.79. The molecule has 0 saturated heterocycles. The maximum Gasteiger partial charge on any atom is 0.257 e. The molecular weight excluding hydrogens is 553 g/mol. The number of aromatic nitrogens is 7. The van der Waals surface area contributed by atoms with E-state index in [1.165, 1.54) is 10.9 Å². The first kappa shape index (κ1) is 28.2. The Morgan fingerprint density at radius 1 is 1.19 bits per heavy atom. The lowest BCUT2D eigenvalue weighted by Gasteiger charge is -2.38. The Morgan fingerprint density at radius 2 is 2.00 bits per heavy atom. The number of H-pyrrole nitrogens is 2. The summed E-state index contributed by atoms with van der Waals surface area (Å²) in [5.41, 5.74) is 1.17. The number of hydrogen-bond acceptors (Lipinski definition) is 8. The summed E-state index contributed by atoms with van der Waals surface area (Å²) in [5, 5.41) is 18.7. The molecule has 1 saturated carbocycles. The second kappa shape index (κ2) is 11.4. The Labute approximate surface area is 246 Å². The fourth-order valence-corrected chi connectivity index (χ4v) is 5.72. The summed E-state index contributed by atoms with van der Waals surface area (Å²) in [7, 11) is 1.55. The van der Waals surface area contributed by atoms with Gasteiger partial charge in [-0.05, 0) is 68.7 Å². The predicted octanol–water partition coefficient (Wildman–Crippen LogP) is 4.34. The van der Waals surface area contributed by atoms with E-state index in [4.69, 9.17) is 9.72 Å². The molecule has 5 heterocycles. The number of fused-ring (bicyclic) bond motifs is 1. The second-order valence-corrected chi connectivity index (χ2v) is 10.9. The number of amides is 1. The van der Waals surface area contributed by atoms with Gasteiger partial charge in [0.1, 0.15) is 11.4 Å². The predicted molar refractivity (Wildman–Crippen MR) is 158 cm³/mol.